The number of nitrogens with zero attached hydrogens (tertiary/aromatic N) is 5. The Morgan fingerprint density at radius 2 is 1.53 bits per heavy atom. The zero-order valence-electron chi connectivity index (χ0n) is 19.7. The average molecular weight is 438 g/mol. The first-order valence-electron chi connectivity index (χ1n) is 13.2. The molecule has 2 aliphatic heterocycles. The van der Waals surface area contributed by atoms with Crippen LogP contribution in [0.25, 0.3) is 0 Å². The fraction of sp³-hybridized carbons (Fsp3) is 0.808. The summed E-state index contributed by atoms with van der Waals surface area (Å²) < 4.78 is 0. The van der Waals surface area contributed by atoms with Crippen molar-refractivity contribution in [1.82, 2.24) is 15.1 Å². The highest BCUT2D eigenvalue weighted by Crippen LogP contribution is 2.61. The normalized spacial score (nSPS) is 36.6. The average Bonchev–Trinajstić information content (AvgIpc) is 2.78. The molecule has 2 saturated heterocycles. The van der Waals surface area contributed by atoms with Gasteiger partial charge in [-0.05, 0) is 100 Å². The van der Waals surface area contributed by atoms with Crippen LogP contribution in [0.5, 0.6) is 0 Å². The van der Waals surface area contributed by atoms with Crippen molar-refractivity contribution < 1.29 is 4.79 Å². The minimum absolute atomic E-state index is 0.343. The highest BCUT2D eigenvalue weighted by molar-refractivity contribution is 5.77. The molecule has 4 aliphatic carbocycles. The van der Waals surface area contributed by atoms with Crippen LogP contribution >= 0.6 is 0 Å². The molecule has 4 bridgehead atoms. The topological polar surface area (TPSA) is 52.6 Å². The first kappa shape index (κ1) is 20.7. The summed E-state index contributed by atoms with van der Waals surface area (Å²) in [5.41, 5.74) is 0.343. The molecule has 4 saturated carbocycles. The number of hydrogen-bond acceptors (Lipinski definition) is 5. The first-order chi connectivity index (χ1) is 15.6. The zero-order valence-corrected chi connectivity index (χ0v) is 19.7. The Kier molecular flexibility index (Phi) is 5.30. The van der Waals surface area contributed by atoms with E-state index in [1.165, 1.54) is 57.8 Å². The van der Waals surface area contributed by atoms with E-state index in [0.717, 1.165) is 68.5 Å². The largest absolute Gasteiger partial charge is 0.352 e. The van der Waals surface area contributed by atoms with Crippen LogP contribution in [-0.4, -0.2) is 59.8 Å². The fourth-order valence-corrected chi connectivity index (χ4v) is 8.20. The molecule has 6 fully saturated rings. The van der Waals surface area contributed by atoms with E-state index in [0.29, 0.717) is 17.4 Å². The predicted octanol–water partition coefficient (Wildman–Crippen LogP) is 4.11. The monoisotopic (exact) mass is 437 g/mol. The van der Waals surface area contributed by atoms with Crippen LogP contribution in [0.2, 0.25) is 0 Å². The summed E-state index contributed by atoms with van der Waals surface area (Å²) in [4.78, 5) is 20.1. The molecule has 174 valence electrons. The molecule has 0 N–H and O–H groups in total. The van der Waals surface area contributed by atoms with Crippen molar-refractivity contribution in [3.8, 4) is 0 Å². The van der Waals surface area contributed by atoms with Crippen molar-refractivity contribution in [2.24, 2.45) is 23.2 Å². The van der Waals surface area contributed by atoms with Gasteiger partial charge in [-0.2, -0.15) is 0 Å². The SMILES string of the molecule is CC1CCCCN1c1ccc(N2CCN(C(=O)CC34CC5CC(CC(C5)C3)C4)CC2)nn1. The number of hydrogen-bond donors (Lipinski definition) is 0. The molecule has 32 heavy (non-hydrogen) atoms. The molecule has 1 atom stereocenters. The maximum atomic E-state index is 13.3. The highest BCUT2D eigenvalue weighted by atomic mass is 16.2. The molecule has 6 nitrogen and oxygen atoms in total. The maximum absolute atomic E-state index is 13.3. The Morgan fingerprint density at radius 1 is 0.906 bits per heavy atom. The van der Waals surface area contributed by atoms with Gasteiger partial charge in [-0.3, -0.25) is 4.79 Å². The lowest BCUT2D eigenvalue weighted by Crippen LogP contribution is -2.52. The molecular weight excluding hydrogens is 398 g/mol. The summed E-state index contributed by atoms with van der Waals surface area (Å²) in [5, 5.41) is 9.12. The lowest BCUT2D eigenvalue weighted by Gasteiger charge is -2.57. The second-order valence-electron chi connectivity index (χ2n) is 11.8. The highest BCUT2D eigenvalue weighted by Gasteiger charge is 2.51. The smallest absolute Gasteiger partial charge is 0.223 e. The van der Waals surface area contributed by atoms with Crippen LogP contribution in [0, 0.1) is 23.2 Å². The van der Waals surface area contributed by atoms with Gasteiger partial charge in [0.15, 0.2) is 11.6 Å². The van der Waals surface area contributed by atoms with Crippen molar-refractivity contribution in [2.45, 2.75) is 77.2 Å². The third-order valence-electron chi connectivity index (χ3n) is 9.38. The Hall–Kier alpha value is -1.85. The zero-order chi connectivity index (χ0) is 21.7. The lowest BCUT2D eigenvalue weighted by molar-refractivity contribution is -0.139. The number of carbonyl (C=O) groups is 1. The van der Waals surface area contributed by atoms with Crippen molar-refractivity contribution in [2.75, 3.05) is 42.5 Å². The number of carbonyl (C=O) groups excluding carboxylic acids is 1. The van der Waals surface area contributed by atoms with Gasteiger partial charge in [0, 0.05) is 45.2 Å². The Labute approximate surface area is 192 Å². The van der Waals surface area contributed by atoms with Crippen LogP contribution in [0.4, 0.5) is 11.6 Å². The van der Waals surface area contributed by atoms with E-state index >= 15 is 0 Å². The van der Waals surface area contributed by atoms with Gasteiger partial charge < -0.3 is 14.7 Å². The van der Waals surface area contributed by atoms with Gasteiger partial charge in [-0.25, -0.2) is 0 Å². The van der Waals surface area contributed by atoms with E-state index in [1.807, 2.05) is 0 Å². The quantitative estimate of drug-likeness (QED) is 0.710. The molecule has 0 radical (unpaired) electrons. The third-order valence-corrected chi connectivity index (χ3v) is 9.38. The van der Waals surface area contributed by atoms with E-state index in [4.69, 9.17) is 0 Å². The van der Waals surface area contributed by atoms with Gasteiger partial charge in [-0.15, -0.1) is 10.2 Å². The molecule has 7 rings (SSSR count). The summed E-state index contributed by atoms with van der Waals surface area (Å²) in [6.07, 6.45) is 12.9. The Balaban J connectivity index is 1.04. The van der Waals surface area contributed by atoms with Gasteiger partial charge in [0.2, 0.25) is 5.91 Å². The second-order valence-corrected chi connectivity index (χ2v) is 11.8. The van der Waals surface area contributed by atoms with Crippen LogP contribution in [0.15, 0.2) is 12.1 Å². The molecule has 1 amide bonds. The number of rotatable bonds is 4. The number of aromatic nitrogens is 2. The van der Waals surface area contributed by atoms with Crippen LogP contribution < -0.4 is 9.80 Å². The summed E-state index contributed by atoms with van der Waals surface area (Å²) in [6, 6.07) is 4.80. The molecule has 0 spiro atoms. The molecule has 1 aromatic rings. The van der Waals surface area contributed by atoms with E-state index in [1.54, 1.807) is 0 Å². The van der Waals surface area contributed by atoms with E-state index in [9.17, 15) is 4.79 Å². The van der Waals surface area contributed by atoms with Crippen LogP contribution in [-0.2, 0) is 4.79 Å². The van der Waals surface area contributed by atoms with Crippen LogP contribution in [0.1, 0.15) is 71.1 Å². The van der Waals surface area contributed by atoms with Gasteiger partial charge in [0.25, 0.3) is 0 Å². The van der Waals surface area contributed by atoms with Gasteiger partial charge in [0.1, 0.15) is 0 Å². The maximum Gasteiger partial charge on any atom is 0.223 e. The molecule has 1 aromatic heterocycles. The molecular formula is C26H39N5O. The Bertz CT molecular complexity index is 796. The minimum Gasteiger partial charge on any atom is -0.352 e. The number of anilines is 2. The number of amides is 1. The molecule has 6 aliphatic rings. The summed E-state index contributed by atoms with van der Waals surface area (Å²) >= 11 is 0. The summed E-state index contributed by atoms with van der Waals surface area (Å²) in [6.45, 7) is 6.73. The molecule has 3 heterocycles. The molecule has 0 aromatic carbocycles. The first-order valence-corrected chi connectivity index (χ1v) is 13.2. The lowest BCUT2D eigenvalue weighted by atomic mass is 9.49. The van der Waals surface area contributed by atoms with Crippen molar-refractivity contribution in [1.29, 1.82) is 0 Å². The van der Waals surface area contributed by atoms with Crippen molar-refractivity contribution in [3.63, 3.8) is 0 Å². The predicted molar refractivity (Wildman–Crippen MR) is 127 cm³/mol. The van der Waals surface area contributed by atoms with E-state index in [2.05, 4.69) is 44.0 Å². The minimum atomic E-state index is 0.343. The van der Waals surface area contributed by atoms with Gasteiger partial charge in [-0.1, -0.05) is 0 Å². The standard InChI is InChI=1S/C26H39N5O/c1-19-4-2-3-7-31(19)24-6-5-23(27-28-24)29-8-10-30(11-9-29)25(32)18-26-15-20-12-21(16-26)14-22(13-20)17-26/h5-6,19-22H,2-4,7-18H2,1H3. The second kappa shape index (κ2) is 8.18. The van der Waals surface area contributed by atoms with Crippen molar-refractivity contribution >= 4 is 17.5 Å². The summed E-state index contributed by atoms with van der Waals surface area (Å²) in [7, 11) is 0. The fourth-order valence-electron chi connectivity index (χ4n) is 8.20. The van der Waals surface area contributed by atoms with Crippen LogP contribution in [0.3, 0.4) is 0 Å². The van der Waals surface area contributed by atoms with E-state index in [-0.39, 0.29) is 0 Å². The van der Waals surface area contributed by atoms with E-state index < -0.39 is 0 Å². The summed E-state index contributed by atoms with van der Waals surface area (Å²) in [5.74, 6) is 5.12. The third kappa shape index (κ3) is 3.88. The van der Waals surface area contributed by atoms with Crippen molar-refractivity contribution in [3.05, 3.63) is 12.1 Å². The van der Waals surface area contributed by atoms with Gasteiger partial charge in [0.05, 0.1) is 0 Å². The van der Waals surface area contributed by atoms with Gasteiger partial charge >= 0.3 is 0 Å². The number of piperidine rings is 1. The molecule has 6 heteroatoms. The number of piperazine rings is 1. The Morgan fingerprint density at radius 3 is 2.12 bits per heavy atom. The molecule has 1 unspecified atom stereocenters.